The zero-order chi connectivity index (χ0) is 10.0. The third-order valence-electron chi connectivity index (χ3n) is 1.50. The number of aromatic hydroxyl groups is 1. The second-order valence-corrected chi connectivity index (χ2v) is 3.26. The van der Waals surface area contributed by atoms with E-state index < -0.39 is 23.0 Å². The molecule has 1 rings (SSSR count). The van der Waals surface area contributed by atoms with Crippen molar-refractivity contribution in [3.05, 3.63) is 32.3 Å². The van der Waals surface area contributed by atoms with Gasteiger partial charge in [-0.2, -0.15) is 0 Å². The van der Waals surface area contributed by atoms with Gasteiger partial charge in [0.15, 0.2) is 5.75 Å². The summed E-state index contributed by atoms with van der Waals surface area (Å²) in [6.07, 6.45) is 0. The lowest BCUT2D eigenvalue weighted by Crippen LogP contribution is -1.93. The number of rotatable bonds is 2. The normalized spacial score (nSPS) is 10.0. The van der Waals surface area contributed by atoms with Gasteiger partial charge in [0.1, 0.15) is 0 Å². The van der Waals surface area contributed by atoms with Gasteiger partial charge in [0.05, 0.1) is 11.5 Å². The fourth-order valence-corrected chi connectivity index (χ4v) is 1.39. The van der Waals surface area contributed by atoms with Gasteiger partial charge in [-0.15, -0.1) is 0 Å². The topological polar surface area (TPSA) is 83.6 Å². The maximum absolute atomic E-state index is 10.4. The second kappa shape index (κ2) is 3.71. The lowest BCUT2D eigenvalue weighted by atomic mass is 10.2. The van der Waals surface area contributed by atoms with E-state index in [0.29, 0.717) is 4.47 Å². The largest absolute Gasteiger partial charge is 0.502 e. The molecule has 2 N–H and O–H groups in total. The molecule has 0 aliphatic carbocycles. The number of hydrogen-bond donors (Lipinski definition) is 2. The standard InChI is InChI=1S/C7H6BrNO4/c8-5-1-4(3-10)7(11)6(2-5)9(12)13/h1-2,10-11H,3H2. The molecule has 0 fully saturated rings. The molecule has 0 bridgehead atoms. The summed E-state index contributed by atoms with van der Waals surface area (Å²) in [5.74, 6) is -0.490. The Kier molecular flexibility index (Phi) is 2.84. The number of nitro benzene ring substituents is 1. The van der Waals surface area contributed by atoms with Crippen LogP contribution >= 0.6 is 15.9 Å². The highest BCUT2D eigenvalue weighted by Gasteiger charge is 2.17. The van der Waals surface area contributed by atoms with Crippen molar-refractivity contribution in [3.8, 4) is 5.75 Å². The Bertz CT molecular complexity index is 353. The van der Waals surface area contributed by atoms with Crippen molar-refractivity contribution in [2.75, 3.05) is 0 Å². The van der Waals surface area contributed by atoms with Crippen LogP contribution in [0.1, 0.15) is 5.56 Å². The minimum Gasteiger partial charge on any atom is -0.502 e. The SMILES string of the molecule is O=[N+]([O-])c1cc(Br)cc(CO)c1O. The van der Waals surface area contributed by atoms with E-state index in [1.165, 1.54) is 12.1 Å². The van der Waals surface area contributed by atoms with Crippen molar-refractivity contribution in [1.29, 1.82) is 0 Å². The number of nitro groups is 1. The molecule has 0 spiro atoms. The highest BCUT2D eigenvalue weighted by molar-refractivity contribution is 9.10. The minimum absolute atomic E-state index is 0.126. The van der Waals surface area contributed by atoms with E-state index in [1.807, 2.05) is 0 Å². The molecular weight excluding hydrogens is 242 g/mol. The van der Waals surface area contributed by atoms with Crippen LogP contribution in [0.3, 0.4) is 0 Å². The Morgan fingerprint density at radius 2 is 2.15 bits per heavy atom. The van der Waals surface area contributed by atoms with Crippen LogP contribution in [0.15, 0.2) is 16.6 Å². The quantitative estimate of drug-likeness (QED) is 0.614. The molecule has 0 aliphatic rings. The number of phenols is 1. The number of benzene rings is 1. The number of nitrogens with zero attached hydrogens (tertiary/aromatic N) is 1. The Hall–Kier alpha value is -1.14. The van der Waals surface area contributed by atoms with Crippen molar-refractivity contribution in [2.24, 2.45) is 0 Å². The van der Waals surface area contributed by atoms with Gasteiger partial charge in [-0.3, -0.25) is 10.1 Å². The molecule has 5 nitrogen and oxygen atoms in total. The first-order valence-electron chi connectivity index (χ1n) is 3.33. The fourth-order valence-electron chi connectivity index (χ4n) is 0.900. The van der Waals surface area contributed by atoms with Gasteiger partial charge in [0, 0.05) is 16.1 Å². The molecule has 13 heavy (non-hydrogen) atoms. The molecule has 0 atom stereocenters. The molecule has 0 aliphatic heterocycles. The van der Waals surface area contributed by atoms with E-state index in [1.54, 1.807) is 0 Å². The Morgan fingerprint density at radius 1 is 1.54 bits per heavy atom. The molecule has 6 heteroatoms. The Morgan fingerprint density at radius 3 is 2.62 bits per heavy atom. The molecule has 0 aromatic heterocycles. The maximum Gasteiger partial charge on any atom is 0.312 e. The summed E-state index contributed by atoms with van der Waals surface area (Å²) in [7, 11) is 0. The monoisotopic (exact) mass is 247 g/mol. The maximum atomic E-state index is 10.4. The first kappa shape index (κ1) is 9.94. The van der Waals surface area contributed by atoms with Gasteiger partial charge in [0.2, 0.25) is 0 Å². The van der Waals surface area contributed by atoms with Gasteiger partial charge in [-0.1, -0.05) is 15.9 Å². The number of halogens is 1. The van der Waals surface area contributed by atoms with Gasteiger partial charge in [0.25, 0.3) is 0 Å². The van der Waals surface area contributed by atoms with Crippen LogP contribution in [-0.2, 0) is 6.61 Å². The number of aliphatic hydroxyl groups excluding tert-OH is 1. The second-order valence-electron chi connectivity index (χ2n) is 2.35. The molecular formula is C7H6BrNO4. The van der Waals surface area contributed by atoms with Crippen LogP contribution < -0.4 is 0 Å². The van der Waals surface area contributed by atoms with Crippen molar-refractivity contribution >= 4 is 21.6 Å². The first-order chi connectivity index (χ1) is 6.06. The van der Waals surface area contributed by atoms with Crippen LogP contribution in [0.4, 0.5) is 5.69 Å². The lowest BCUT2D eigenvalue weighted by molar-refractivity contribution is -0.386. The van der Waals surface area contributed by atoms with E-state index in [0.717, 1.165) is 0 Å². The molecule has 0 amide bonds. The molecule has 70 valence electrons. The van der Waals surface area contributed by atoms with E-state index >= 15 is 0 Å². The third-order valence-corrected chi connectivity index (χ3v) is 1.96. The zero-order valence-electron chi connectivity index (χ0n) is 6.40. The summed E-state index contributed by atoms with van der Waals surface area (Å²) in [5.41, 5.74) is -0.292. The Balaban J connectivity index is 3.35. The van der Waals surface area contributed by atoms with Crippen molar-refractivity contribution in [2.45, 2.75) is 6.61 Å². The van der Waals surface area contributed by atoms with Gasteiger partial charge in [-0.05, 0) is 6.07 Å². The van der Waals surface area contributed by atoms with Crippen LogP contribution in [0.5, 0.6) is 5.75 Å². The average Bonchev–Trinajstić information content (AvgIpc) is 2.08. The third kappa shape index (κ3) is 1.96. The highest BCUT2D eigenvalue weighted by Crippen LogP contribution is 2.33. The highest BCUT2D eigenvalue weighted by atomic mass is 79.9. The number of hydrogen-bond acceptors (Lipinski definition) is 4. The smallest absolute Gasteiger partial charge is 0.312 e. The minimum atomic E-state index is -0.709. The van der Waals surface area contributed by atoms with Crippen molar-refractivity contribution < 1.29 is 15.1 Å². The lowest BCUT2D eigenvalue weighted by Gasteiger charge is -2.02. The molecule has 0 heterocycles. The van der Waals surface area contributed by atoms with Gasteiger partial charge in [-0.25, -0.2) is 0 Å². The molecule has 0 saturated heterocycles. The number of aliphatic hydroxyl groups is 1. The molecule has 0 saturated carbocycles. The summed E-state index contributed by atoms with van der Waals surface area (Å²) in [4.78, 5) is 9.68. The van der Waals surface area contributed by atoms with Crippen LogP contribution in [0.2, 0.25) is 0 Å². The predicted octanol–water partition coefficient (Wildman–Crippen LogP) is 1.56. The van der Waals surface area contributed by atoms with E-state index in [-0.39, 0.29) is 5.56 Å². The molecule has 0 unspecified atom stereocenters. The van der Waals surface area contributed by atoms with Crippen molar-refractivity contribution in [1.82, 2.24) is 0 Å². The van der Waals surface area contributed by atoms with E-state index in [4.69, 9.17) is 5.11 Å². The predicted molar refractivity (Wildman–Crippen MR) is 48.4 cm³/mol. The van der Waals surface area contributed by atoms with Crippen molar-refractivity contribution in [3.63, 3.8) is 0 Å². The van der Waals surface area contributed by atoms with Gasteiger partial charge >= 0.3 is 5.69 Å². The fraction of sp³-hybridized carbons (Fsp3) is 0.143. The van der Waals surface area contributed by atoms with E-state index in [2.05, 4.69) is 15.9 Å². The summed E-state index contributed by atoms with van der Waals surface area (Å²) in [6, 6.07) is 2.59. The Labute approximate surface area is 81.9 Å². The average molecular weight is 248 g/mol. The summed E-state index contributed by atoms with van der Waals surface area (Å²) >= 11 is 3.03. The van der Waals surface area contributed by atoms with Crippen LogP contribution in [0.25, 0.3) is 0 Å². The molecule has 1 aromatic carbocycles. The first-order valence-corrected chi connectivity index (χ1v) is 4.12. The summed E-state index contributed by atoms with van der Waals surface area (Å²) in [5, 5.41) is 28.4. The summed E-state index contributed by atoms with van der Waals surface area (Å²) < 4.78 is 0.445. The zero-order valence-corrected chi connectivity index (χ0v) is 7.98. The van der Waals surface area contributed by atoms with E-state index in [9.17, 15) is 15.2 Å². The van der Waals surface area contributed by atoms with Gasteiger partial charge < -0.3 is 10.2 Å². The molecule has 1 aromatic rings. The van der Waals surface area contributed by atoms with Crippen LogP contribution in [-0.4, -0.2) is 15.1 Å². The summed E-state index contributed by atoms with van der Waals surface area (Å²) in [6.45, 7) is -0.438. The van der Waals surface area contributed by atoms with Crippen LogP contribution in [0, 0.1) is 10.1 Å². The molecule has 0 radical (unpaired) electrons.